The molecular formula is C32H39N3O7S. The van der Waals surface area contributed by atoms with Crippen molar-refractivity contribution in [2.75, 3.05) is 37.6 Å². The first-order valence-electron chi connectivity index (χ1n) is 14.3. The van der Waals surface area contributed by atoms with E-state index in [2.05, 4.69) is 5.32 Å². The van der Waals surface area contributed by atoms with Crippen LogP contribution in [0.25, 0.3) is 0 Å². The highest BCUT2D eigenvalue weighted by molar-refractivity contribution is 7.92. The van der Waals surface area contributed by atoms with Crippen LogP contribution in [-0.4, -0.2) is 64.4 Å². The smallest absolute Gasteiger partial charge is 0.243 e. The molecule has 0 aliphatic carbocycles. The Morgan fingerprint density at radius 2 is 1.72 bits per heavy atom. The van der Waals surface area contributed by atoms with Crippen LogP contribution in [-0.2, 0) is 32.6 Å². The van der Waals surface area contributed by atoms with E-state index in [-0.39, 0.29) is 44.5 Å². The van der Waals surface area contributed by atoms with Crippen molar-refractivity contribution in [1.29, 1.82) is 0 Å². The van der Waals surface area contributed by atoms with Gasteiger partial charge in [-0.3, -0.25) is 13.9 Å². The van der Waals surface area contributed by atoms with Crippen LogP contribution < -0.4 is 23.8 Å². The van der Waals surface area contributed by atoms with Gasteiger partial charge < -0.3 is 24.4 Å². The van der Waals surface area contributed by atoms with Gasteiger partial charge in [-0.1, -0.05) is 49.4 Å². The third kappa shape index (κ3) is 8.63. The van der Waals surface area contributed by atoms with Crippen LogP contribution in [0.3, 0.4) is 0 Å². The molecule has 1 atom stereocenters. The number of rotatable bonds is 15. The fourth-order valence-electron chi connectivity index (χ4n) is 4.93. The average molecular weight is 610 g/mol. The van der Waals surface area contributed by atoms with Gasteiger partial charge in [-0.15, -0.1) is 0 Å². The molecule has 43 heavy (non-hydrogen) atoms. The van der Waals surface area contributed by atoms with Gasteiger partial charge in [0.25, 0.3) is 0 Å². The fraction of sp³-hybridized carbons (Fsp3) is 0.375. The molecule has 0 radical (unpaired) electrons. The molecule has 0 unspecified atom stereocenters. The average Bonchev–Trinajstić information content (AvgIpc) is 3.48. The van der Waals surface area contributed by atoms with Crippen LogP contribution in [0.5, 0.6) is 17.2 Å². The number of carbonyl (C=O) groups is 2. The highest BCUT2D eigenvalue weighted by Gasteiger charge is 2.30. The van der Waals surface area contributed by atoms with Gasteiger partial charge in [0.15, 0.2) is 11.5 Å². The van der Waals surface area contributed by atoms with E-state index < -0.39 is 16.1 Å². The predicted molar refractivity (Wildman–Crippen MR) is 165 cm³/mol. The molecule has 1 N–H and O–H groups in total. The summed E-state index contributed by atoms with van der Waals surface area (Å²) in [6, 6.07) is 21.1. The molecule has 0 bridgehead atoms. The number of nitrogens with one attached hydrogen (secondary N) is 1. The number of benzene rings is 3. The highest BCUT2D eigenvalue weighted by Crippen LogP contribution is 2.36. The van der Waals surface area contributed by atoms with Gasteiger partial charge in [-0.2, -0.15) is 0 Å². The number of hydrogen-bond acceptors (Lipinski definition) is 7. The molecule has 0 saturated heterocycles. The molecule has 0 fully saturated rings. The topological polar surface area (TPSA) is 114 Å². The molecule has 230 valence electrons. The summed E-state index contributed by atoms with van der Waals surface area (Å²) in [6.45, 7) is 2.79. The molecule has 1 heterocycles. The summed E-state index contributed by atoms with van der Waals surface area (Å²) in [5.74, 6) is 1.17. The number of amides is 2. The molecule has 0 aromatic heterocycles. The maximum atomic E-state index is 13.9. The molecule has 1 aliphatic rings. The van der Waals surface area contributed by atoms with E-state index in [0.29, 0.717) is 35.9 Å². The number of carbonyl (C=O) groups excluding carboxylic acids is 2. The maximum absolute atomic E-state index is 13.9. The minimum absolute atomic E-state index is 0.0346. The Balaban J connectivity index is 1.58. The van der Waals surface area contributed by atoms with E-state index in [1.807, 2.05) is 61.5 Å². The van der Waals surface area contributed by atoms with Crippen molar-refractivity contribution >= 4 is 27.5 Å². The van der Waals surface area contributed by atoms with Crippen LogP contribution >= 0.6 is 0 Å². The first kappa shape index (κ1) is 31.7. The molecule has 1 aliphatic heterocycles. The first-order chi connectivity index (χ1) is 20.7. The first-order valence-corrected chi connectivity index (χ1v) is 16.2. The predicted octanol–water partition coefficient (Wildman–Crippen LogP) is 4.14. The van der Waals surface area contributed by atoms with E-state index in [9.17, 15) is 18.0 Å². The van der Waals surface area contributed by atoms with Crippen LogP contribution in [0.15, 0.2) is 72.8 Å². The fourth-order valence-corrected chi connectivity index (χ4v) is 5.89. The SMILES string of the molecule is CCCNC(=O)[C@H](Cc1ccccc1)N(Cc1cccc(OC)c1)C(=O)CCCN(c1ccc2c(c1)OCO2)S(C)(=O)=O. The molecule has 3 aromatic rings. The number of nitrogens with zero attached hydrogens (tertiary/aromatic N) is 2. The van der Waals surface area contributed by atoms with Crippen LogP contribution in [0.2, 0.25) is 0 Å². The van der Waals surface area contributed by atoms with Crippen molar-refractivity contribution in [1.82, 2.24) is 10.2 Å². The zero-order valence-corrected chi connectivity index (χ0v) is 25.6. The number of hydrogen-bond donors (Lipinski definition) is 1. The number of fused-ring (bicyclic) bond motifs is 1. The molecule has 11 heteroatoms. The van der Waals surface area contributed by atoms with E-state index in [1.54, 1.807) is 30.2 Å². The van der Waals surface area contributed by atoms with Gasteiger partial charge in [0.05, 0.1) is 19.1 Å². The largest absolute Gasteiger partial charge is 0.497 e. The minimum atomic E-state index is -3.66. The highest BCUT2D eigenvalue weighted by atomic mass is 32.2. The number of ether oxygens (including phenoxy) is 3. The van der Waals surface area contributed by atoms with Gasteiger partial charge in [-0.25, -0.2) is 8.42 Å². The van der Waals surface area contributed by atoms with E-state index >= 15 is 0 Å². The second kappa shape index (κ2) is 14.8. The Hall–Kier alpha value is -4.25. The lowest BCUT2D eigenvalue weighted by molar-refractivity contribution is -0.141. The van der Waals surface area contributed by atoms with E-state index in [4.69, 9.17) is 14.2 Å². The summed E-state index contributed by atoms with van der Waals surface area (Å²) in [7, 11) is -2.08. The summed E-state index contributed by atoms with van der Waals surface area (Å²) < 4.78 is 42.9. The molecule has 10 nitrogen and oxygen atoms in total. The normalized spacial score (nSPS) is 12.8. The third-order valence-electron chi connectivity index (χ3n) is 7.10. The summed E-state index contributed by atoms with van der Waals surface area (Å²) >= 11 is 0. The summed E-state index contributed by atoms with van der Waals surface area (Å²) in [5, 5.41) is 2.97. The van der Waals surface area contributed by atoms with Crippen LogP contribution in [0, 0.1) is 0 Å². The second-order valence-electron chi connectivity index (χ2n) is 10.3. The van der Waals surface area contributed by atoms with Gasteiger partial charge >= 0.3 is 0 Å². The maximum Gasteiger partial charge on any atom is 0.243 e. The van der Waals surface area contributed by atoms with E-state index in [1.165, 1.54) is 4.31 Å². The molecule has 2 amide bonds. The van der Waals surface area contributed by atoms with Gasteiger partial charge in [0, 0.05) is 38.5 Å². The van der Waals surface area contributed by atoms with Crippen molar-refractivity contribution in [3.63, 3.8) is 0 Å². The van der Waals surface area contributed by atoms with Crippen molar-refractivity contribution in [3.05, 3.63) is 83.9 Å². The third-order valence-corrected chi connectivity index (χ3v) is 8.30. The lowest BCUT2D eigenvalue weighted by Gasteiger charge is -2.32. The van der Waals surface area contributed by atoms with Crippen molar-refractivity contribution in [2.24, 2.45) is 0 Å². The lowest BCUT2D eigenvalue weighted by Crippen LogP contribution is -2.50. The Morgan fingerprint density at radius 1 is 0.977 bits per heavy atom. The van der Waals surface area contributed by atoms with Crippen molar-refractivity contribution in [3.8, 4) is 17.2 Å². The van der Waals surface area contributed by atoms with Crippen molar-refractivity contribution in [2.45, 2.75) is 45.2 Å². The Labute approximate surface area is 253 Å². The quantitative estimate of drug-likeness (QED) is 0.276. The standard InChI is InChI=1S/C32H39N3O7S/c1-4-17-33-32(37)28(20-24-10-6-5-7-11-24)34(22-25-12-8-13-27(19-25)40-2)31(36)14-9-18-35(43(3,38)39)26-15-16-29-30(21-26)42-23-41-29/h5-8,10-13,15-16,19,21,28H,4,9,14,17-18,20,22-23H2,1-3H3,(H,33,37)/t28-/m0/s1. The Morgan fingerprint density at radius 3 is 2.44 bits per heavy atom. The number of sulfonamides is 1. The Kier molecular flexibility index (Phi) is 10.9. The van der Waals surface area contributed by atoms with Gasteiger partial charge in [-0.05, 0) is 48.2 Å². The number of methoxy groups -OCH3 is 1. The van der Waals surface area contributed by atoms with Crippen LogP contribution in [0.4, 0.5) is 5.69 Å². The summed E-state index contributed by atoms with van der Waals surface area (Å²) in [6.07, 6.45) is 2.49. The van der Waals surface area contributed by atoms with Crippen molar-refractivity contribution < 1.29 is 32.2 Å². The number of anilines is 1. The zero-order chi connectivity index (χ0) is 30.8. The monoisotopic (exact) mass is 609 g/mol. The lowest BCUT2D eigenvalue weighted by atomic mass is 10.0. The molecular weight excluding hydrogens is 570 g/mol. The molecule has 4 rings (SSSR count). The summed E-state index contributed by atoms with van der Waals surface area (Å²) in [4.78, 5) is 29.1. The molecule has 0 saturated carbocycles. The minimum Gasteiger partial charge on any atom is -0.497 e. The zero-order valence-electron chi connectivity index (χ0n) is 24.8. The molecule has 3 aromatic carbocycles. The summed E-state index contributed by atoms with van der Waals surface area (Å²) in [5.41, 5.74) is 2.16. The van der Waals surface area contributed by atoms with Gasteiger partial charge in [0.1, 0.15) is 11.8 Å². The van der Waals surface area contributed by atoms with Crippen LogP contribution in [0.1, 0.15) is 37.3 Å². The molecule has 0 spiro atoms. The van der Waals surface area contributed by atoms with E-state index in [0.717, 1.165) is 23.8 Å². The Bertz CT molecular complexity index is 1500. The van der Waals surface area contributed by atoms with Gasteiger partial charge in [0.2, 0.25) is 28.6 Å². The second-order valence-corrected chi connectivity index (χ2v) is 12.3.